The van der Waals surface area contributed by atoms with E-state index in [9.17, 15) is 4.79 Å². The number of nitrogens with one attached hydrogen (secondary N) is 3. The van der Waals surface area contributed by atoms with Gasteiger partial charge in [-0.25, -0.2) is 9.97 Å². The van der Waals surface area contributed by atoms with E-state index in [0.717, 1.165) is 58.4 Å². The number of likely N-dealkylation sites (N-methyl/N-ethyl adjacent to an activating group) is 1. The van der Waals surface area contributed by atoms with Crippen LogP contribution in [0.4, 0.5) is 11.5 Å². The van der Waals surface area contributed by atoms with E-state index in [4.69, 9.17) is 0 Å². The van der Waals surface area contributed by atoms with Gasteiger partial charge < -0.3 is 15.5 Å². The largest absolute Gasteiger partial charge is 0.355 e. The molecule has 0 spiro atoms. The van der Waals surface area contributed by atoms with Crippen molar-refractivity contribution in [3.63, 3.8) is 0 Å². The van der Waals surface area contributed by atoms with Crippen LogP contribution in [-0.4, -0.2) is 58.2 Å². The minimum Gasteiger partial charge on any atom is -0.355 e. The summed E-state index contributed by atoms with van der Waals surface area (Å²) in [6, 6.07) is 6.08. The van der Waals surface area contributed by atoms with E-state index >= 15 is 0 Å². The summed E-state index contributed by atoms with van der Waals surface area (Å²) in [5, 5.41) is 15.7. The molecule has 1 aliphatic carbocycles. The Bertz CT molecular complexity index is 1250. The first kappa shape index (κ1) is 19.9. The number of thiophene rings is 1. The van der Waals surface area contributed by atoms with Gasteiger partial charge in [-0.1, -0.05) is 0 Å². The highest BCUT2D eigenvalue weighted by atomic mass is 32.1. The van der Waals surface area contributed by atoms with E-state index < -0.39 is 0 Å². The summed E-state index contributed by atoms with van der Waals surface area (Å²) < 4.78 is 0. The minimum absolute atomic E-state index is 0.0237. The fraction of sp³-hybridized carbons (Fsp3) is 0.364. The highest BCUT2D eigenvalue weighted by molar-refractivity contribution is 7.19. The molecule has 0 saturated carbocycles. The van der Waals surface area contributed by atoms with Gasteiger partial charge in [-0.3, -0.25) is 9.89 Å². The van der Waals surface area contributed by atoms with Crippen molar-refractivity contribution in [2.75, 3.05) is 32.5 Å². The van der Waals surface area contributed by atoms with Gasteiger partial charge in [-0.15, -0.1) is 11.3 Å². The summed E-state index contributed by atoms with van der Waals surface area (Å²) in [6.45, 7) is 1.53. The van der Waals surface area contributed by atoms with E-state index in [1.807, 2.05) is 32.4 Å². The molecule has 3 heterocycles. The van der Waals surface area contributed by atoms with Crippen LogP contribution in [-0.2, 0) is 17.6 Å². The highest BCUT2D eigenvalue weighted by Crippen LogP contribution is 2.40. The van der Waals surface area contributed by atoms with Gasteiger partial charge in [0, 0.05) is 35.0 Å². The molecule has 0 aliphatic heterocycles. The maximum absolute atomic E-state index is 12.6. The molecule has 4 aromatic rings. The first-order valence-electron chi connectivity index (χ1n) is 10.5. The molecule has 160 valence electrons. The number of benzene rings is 1. The fourth-order valence-corrected chi connectivity index (χ4v) is 5.40. The first-order chi connectivity index (χ1) is 15.1. The fourth-order valence-electron chi connectivity index (χ4n) is 4.13. The summed E-state index contributed by atoms with van der Waals surface area (Å²) >= 11 is 1.68. The van der Waals surface area contributed by atoms with Gasteiger partial charge in [0.2, 0.25) is 5.91 Å². The van der Waals surface area contributed by atoms with E-state index in [2.05, 4.69) is 41.8 Å². The van der Waals surface area contributed by atoms with Crippen molar-refractivity contribution in [2.24, 2.45) is 5.92 Å². The van der Waals surface area contributed by atoms with Crippen molar-refractivity contribution in [3.8, 4) is 0 Å². The molecule has 5 rings (SSSR count). The third kappa shape index (κ3) is 3.98. The second kappa shape index (κ2) is 8.24. The molecule has 1 atom stereocenters. The smallest absolute Gasteiger partial charge is 0.223 e. The Balaban J connectivity index is 1.38. The van der Waals surface area contributed by atoms with Crippen LogP contribution in [0.5, 0.6) is 0 Å². The Hall–Kier alpha value is -3.04. The van der Waals surface area contributed by atoms with Gasteiger partial charge in [-0.05, 0) is 57.1 Å². The van der Waals surface area contributed by atoms with E-state index in [0.29, 0.717) is 6.54 Å². The number of carbonyl (C=O) groups is 1. The average molecular weight is 436 g/mol. The lowest BCUT2D eigenvalue weighted by molar-refractivity contribution is -0.125. The van der Waals surface area contributed by atoms with Gasteiger partial charge >= 0.3 is 0 Å². The molecule has 8 nitrogen and oxygen atoms in total. The van der Waals surface area contributed by atoms with E-state index in [-0.39, 0.29) is 11.8 Å². The van der Waals surface area contributed by atoms with Crippen molar-refractivity contribution in [3.05, 3.63) is 41.2 Å². The number of aryl methyl sites for hydroxylation is 1. The van der Waals surface area contributed by atoms with Crippen LogP contribution < -0.4 is 10.6 Å². The molecule has 3 N–H and O–H groups in total. The van der Waals surface area contributed by atoms with Crippen LogP contribution in [0.3, 0.4) is 0 Å². The van der Waals surface area contributed by atoms with Gasteiger partial charge in [-0.2, -0.15) is 5.10 Å². The number of amides is 1. The van der Waals surface area contributed by atoms with Crippen molar-refractivity contribution >= 4 is 49.9 Å². The number of hydrogen-bond donors (Lipinski definition) is 3. The first-order valence-corrected chi connectivity index (χ1v) is 11.3. The lowest BCUT2D eigenvalue weighted by Crippen LogP contribution is -2.37. The Morgan fingerprint density at radius 3 is 3.10 bits per heavy atom. The summed E-state index contributed by atoms with van der Waals surface area (Å²) in [7, 11) is 4.02. The molecular formula is C22H25N7OS. The zero-order valence-electron chi connectivity index (χ0n) is 17.6. The zero-order chi connectivity index (χ0) is 21.4. The third-order valence-corrected chi connectivity index (χ3v) is 6.94. The second-order valence-electron chi connectivity index (χ2n) is 8.24. The lowest BCUT2D eigenvalue weighted by Gasteiger charge is -2.22. The van der Waals surface area contributed by atoms with Gasteiger partial charge in [0.15, 0.2) is 0 Å². The number of hydrogen-bond acceptors (Lipinski definition) is 7. The Morgan fingerprint density at radius 2 is 2.23 bits per heavy atom. The minimum atomic E-state index is 0.0237. The van der Waals surface area contributed by atoms with Gasteiger partial charge in [0.1, 0.15) is 17.0 Å². The third-order valence-electron chi connectivity index (χ3n) is 5.78. The monoisotopic (exact) mass is 435 g/mol. The van der Waals surface area contributed by atoms with Crippen LogP contribution >= 0.6 is 11.3 Å². The predicted molar refractivity (Wildman–Crippen MR) is 124 cm³/mol. The molecule has 0 radical (unpaired) electrons. The summed E-state index contributed by atoms with van der Waals surface area (Å²) in [5.74, 6) is 0.998. The zero-order valence-corrected chi connectivity index (χ0v) is 18.4. The van der Waals surface area contributed by atoms with Crippen LogP contribution in [0, 0.1) is 5.92 Å². The number of anilines is 2. The number of fused-ring (bicyclic) bond motifs is 4. The van der Waals surface area contributed by atoms with E-state index in [1.54, 1.807) is 17.7 Å². The standard InChI is InChI=1S/C22H25N7OS/c1-29(2)8-7-23-21(30)13-3-5-16-18(10-13)31-22-19(16)20(24-12-25-22)27-15-4-6-17-14(9-15)11-26-28-17/h4,6,9,11-13H,3,5,7-8,10H2,1-2H3,(H,23,30)(H,26,28)(H,24,25,27). The van der Waals surface area contributed by atoms with Crippen molar-refractivity contribution in [1.82, 2.24) is 30.4 Å². The molecule has 0 bridgehead atoms. The summed E-state index contributed by atoms with van der Waals surface area (Å²) in [4.78, 5) is 26.0. The van der Waals surface area contributed by atoms with Crippen LogP contribution in [0.25, 0.3) is 21.1 Å². The molecule has 9 heteroatoms. The summed E-state index contributed by atoms with van der Waals surface area (Å²) in [5.41, 5.74) is 3.24. The molecular weight excluding hydrogens is 410 g/mol. The normalized spacial score (nSPS) is 16.0. The number of aromatic amines is 1. The highest BCUT2D eigenvalue weighted by Gasteiger charge is 2.29. The van der Waals surface area contributed by atoms with Gasteiger partial charge in [0.25, 0.3) is 0 Å². The number of H-pyrrole nitrogens is 1. The Labute approximate surface area is 184 Å². The van der Waals surface area contributed by atoms with Crippen molar-refractivity contribution in [1.29, 1.82) is 0 Å². The maximum atomic E-state index is 12.6. The molecule has 1 aliphatic rings. The van der Waals surface area contributed by atoms with Crippen molar-refractivity contribution < 1.29 is 4.79 Å². The quantitative estimate of drug-likeness (QED) is 0.430. The molecule has 0 saturated heterocycles. The van der Waals surface area contributed by atoms with Crippen molar-refractivity contribution in [2.45, 2.75) is 19.3 Å². The Morgan fingerprint density at radius 1 is 1.32 bits per heavy atom. The molecule has 3 aromatic heterocycles. The maximum Gasteiger partial charge on any atom is 0.223 e. The molecule has 1 unspecified atom stereocenters. The Kier molecular flexibility index (Phi) is 5.29. The molecule has 1 amide bonds. The van der Waals surface area contributed by atoms with E-state index in [1.165, 1.54) is 10.4 Å². The topological polar surface area (TPSA) is 98.8 Å². The number of aromatic nitrogens is 4. The summed E-state index contributed by atoms with van der Waals surface area (Å²) in [6.07, 6.45) is 5.90. The number of rotatable bonds is 6. The van der Waals surface area contributed by atoms with Crippen LogP contribution in [0.2, 0.25) is 0 Å². The second-order valence-corrected chi connectivity index (χ2v) is 9.32. The molecule has 31 heavy (non-hydrogen) atoms. The lowest BCUT2D eigenvalue weighted by atomic mass is 9.87. The SMILES string of the molecule is CN(C)CCNC(=O)C1CCc2c(sc3ncnc(Nc4ccc5[nH]ncc5c4)c23)C1. The average Bonchev–Trinajstić information content (AvgIpc) is 3.37. The van der Waals surface area contributed by atoms with Crippen LogP contribution in [0.15, 0.2) is 30.7 Å². The molecule has 0 fully saturated rings. The number of nitrogens with zero attached hydrogens (tertiary/aromatic N) is 4. The molecule has 1 aromatic carbocycles. The number of carbonyl (C=O) groups excluding carboxylic acids is 1. The van der Waals surface area contributed by atoms with Crippen LogP contribution in [0.1, 0.15) is 16.9 Å². The predicted octanol–water partition coefficient (Wildman–Crippen LogP) is 3.09. The van der Waals surface area contributed by atoms with Gasteiger partial charge in [0.05, 0.1) is 17.1 Å².